The van der Waals surface area contributed by atoms with Crippen LogP contribution in [0.15, 0.2) is 89.6 Å². The Morgan fingerprint density at radius 3 is 1.46 bits per heavy atom. The van der Waals surface area contributed by atoms with E-state index in [9.17, 15) is 0 Å². The molecule has 0 aliphatic carbocycles. The molecule has 1 aliphatic rings. The van der Waals surface area contributed by atoms with Crippen LogP contribution in [0.1, 0.15) is 0 Å². The SMILES string of the molecule is CSc1cc2c(s1)Sc1sc(SC)cc1[Si]2(c1ccccc1)c1ccccc1. The molecule has 0 radical (unpaired) electrons. The first-order valence-electron chi connectivity index (χ1n) is 8.93. The second-order valence-electron chi connectivity index (χ2n) is 6.53. The van der Waals surface area contributed by atoms with Gasteiger partial charge in [-0.2, -0.15) is 0 Å². The smallest absolute Gasteiger partial charge is 0.122 e. The molecule has 0 atom stereocenters. The largest absolute Gasteiger partial charge is 0.183 e. The summed E-state index contributed by atoms with van der Waals surface area (Å²) in [4.78, 5) is 0. The molecule has 1 aliphatic heterocycles. The first-order valence-corrected chi connectivity index (χ1v) is 15.8. The van der Waals surface area contributed by atoms with E-state index in [4.69, 9.17) is 0 Å². The molecule has 0 unspecified atom stereocenters. The van der Waals surface area contributed by atoms with Gasteiger partial charge < -0.3 is 0 Å². The second kappa shape index (κ2) is 7.74. The minimum Gasteiger partial charge on any atom is -0.122 e. The van der Waals surface area contributed by atoms with Crippen molar-refractivity contribution in [3.05, 3.63) is 72.8 Å². The molecule has 28 heavy (non-hydrogen) atoms. The molecule has 5 rings (SSSR count). The highest BCUT2D eigenvalue weighted by Crippen LogP contribution is 2.44. The highest BCUT2D eigenvalue weighted by atomic mass is 32.2. The Kier molecular flexibility index (Phi) is 5.28. The number of hydrogen-bond acceptors (Lipinski definition) is 5. The van der Waals surface area contributed by atoms with Crippen LogP contribution < -0.4 is 20.7 Å². The molecule has 0 fully saturated rings. The van der Waals surface area contributed by atoms with E-state index in [1.807, 2.05) is 58.0 Å². The third-order valence-electron chi connectivity index (χ3n) is 5.16. The molecule has 0 spiro atoms. The van der Waals surface area contributed by atoms with Crippen molar-refractivity contribution in [2.24, 2.45) is 0 Å². The molecular weight excluding hydrogens is 453 g/mol. The van der Waals surface area contributed by atoms with E-state index in [1.54, 1.807) is 10.4 Å². The van der Waals surface area contributed by atoms with Crippen LogP contribution in [0.5, 0.6) is 0 Å². The van der Waals surface area contributed by atoms with Crippen LogP contribution in [0.25, 0.3) is 0 Å². The third-order valence-corrected chi connectivity index (χ3v) is 16.5. The first kappa shape index (κ1) is 19.1. The zero-order valence-electron chi connectivity index (χ0n) is 15.5. The van der Waals surface area contributed by atoms with Crippen LogP contribution in [0, 0.1) is 0 Å². The highest BCUT2D eigenvalue weighted by Gasteiger charge is 2.48. The van der Waals surface area contributed by atoms with Crippen molar-refractivity contribution in [2.45, 2.75) is 16.8 Å². The Labute approximate surface area is 187 Å². The van der Waals surface area contributed by atoms with Crippen molar-refractivity contribution in [3.63, 3.8) is 0 Å². The van der Waals surface area contributed by atoms with Crippen molar-refractivity contribution in [1.82, 2.24) is 0 Å². The Hall–Kier alpha value is -0.893. The van der Waals surface area contributed by atoms with Crippen LogP contribution in [0.3, 0.4) is 0 Å². The quantitative estimate of drug-likeness (QED) is 0.265. The molecule has 2 aromatic heterocycles. The van der Waals surface area contributed by atoms with E-state index in [-0.39, 0.29) is 0 Å². The Balaban J connectivity index is 1.92. The Morgan fingerprint density at radius 1 is 0.643 bits per heavy atom. The average molecular weight is 471 g/mol. The van der Waals surface area contributed by atoms with E-state index in [1.165, 1.54) is 27.2 Å². The fourth-order valence-electron chi connectivity index (χ4n) is 3.97. The number of fused-ring (bicyclic) bond motifs is 2. The summed E-state index contributed by atoms with van der Waals surface area (Å²) in [6, 6.07) is 27.5. The van der Waals surface area contributed by atoms with Gasteiger partial charge in [0.25, 0.3) is 0 Å². The summed E-state index contributed by atoms with van der Waals surface area (Å²) in [5.41, 5.74) is 0. The molecule has 140 valence electrons. The topological polar surface area (TPSA) is 0 Å². The number of rotatable bonds is 4. The summed E-state index contributed by atoms with van der Waals surface area (Å²) >= 11 is 9.67. The number of hydrogen-bond donors (Lipinski definition) is 0. The monoisotopic (exact) mass is 470 g/mol. The molecule has 0 nitrogen and oxygen atoms in total. The standard InChI is InChI=1S/C22H18S5Si/c1-23-19-13-17-21(25-19)27-22-18(14-20(24-2)26-22)28(17,15-9-5-3-6-10-15)16-11-7-4-8-12-16/h3-14H,1-2H3. The summed E-state index contributed by atoms with van der Waals surface area (Å²) in [7, 11) is -2.29. The van der Waals surface area contributed by atoms with Crippen LogP contribution >= 0.6 is 58.0 Å². The first-order chi connectivity index (χ1) is 13.8. The molecule has 0 N–H and O–H groups in total. The van der Waals surface area contributed by atoms with E-state index in [0.717, 1.165) is 0 Å². The molecule has 2 aromatic carbocycles. The van der Waals surface area contributed by atoms with Crippen molar-refractivity contribution in [3.8, 4) is 0 Å². The Bertz CT molecular complexity index is 1020. The van der Waals surface area contributed by atoms with Crippen LogP contribution in [-0.4, -0.2) is 20.6 Å². The molecule has 6 heteroatoms. The highest BCUT2D eigenvalue weighted by molar-refractivity contribution is 8.06. The van der Waals surface area contributed by atoms with Gasteiger partial charge in [-0.05, 0) is 45.4 Å². The molecule has 0 saturated heterocycles. The summed E-state index contributed by atoms with van der Waals surface area (Å²) in [5, 5.41) is 6.12. The maximum Gasteiger partial charge on any atom is 0.183 e. The van der Waals surface area contributed by atoms with Gasteiger partial charge in [-0.25, -0.2) is 0 Å². The molecule has 3 heterocycles. The minimum atomic E-state index is -2.29. The van der Waals surface area contributed by atoms with Gasteiger partial charge in [-0.3, -0.25) is 0 Å². The second-order valence-corrected chi connectivity index (χ2v) is 16.1. The molecule has 0 saturated carbocycles. The van der Waals surface area contributed by atoms with Crippen LogP contribution in [-0.2, 0) is 0 Å². The average Bonchev–Trinajstić information content (AvgIpc) is 3.37. The van der Waals surface area contributed by atoms with Crippen molar-refractivity contribution >= 4 is 86.8 Å². The minimum absolute atomic E-state index is 1.42. The van der Waals surface area contributed by atoms with Gasteiger partial charge in [-0.15, -0.1) is 46.2 Å². The van der Waals surface area contributed by atoms with Gasteiger partial charge in [-0.1, -0.05) is 72.4 Å². The number of benzene rings is 2. The normalized spacial score (nSPS) is 14.5. The predicted molar refractivity (Wildman–Crippen MR) is 133 cm³/mol. The van der Waals surface area contributed by atoms with E-state index >= 15 is 0 Å². The summed E-state index contributed by atoms with van der Waals surface area (Å²) < 4.78 is 5.82. The van der Waals surface area contributed by atoms with Crippen molar-refractivity contribution in [2.75, 3.05) is 12.5 Å². The van der Waals surface area contributed by atoms with Crippen molar-refractivity contribution in [1.29, 1.82) is 0 Å². The van der Waals surface area contributed by atoms with Gasteiger partial charge in [0, 0.05) is 0 Å². The lowest BCUT2D eigenvalue weighted by Crippen LogP contribution is -2.75. The van der Waals surface area contributed by atoms with Crippen LogP contribution in [0.4, 0.5) is 0 Å². The maximum atomic E-state index is 2.49. The lowest BCUT2D eigenvalue weighted by Gasteiger charge is -2.36. The summed E-state index contributed by atoms with van der Waals surface area (Å²) in [6.45, 7) is 0. The number of thioether (sulfide) groups is 2. The number of thiophene rings is 2. The molecule has 4 aromatic rings. The molecule has 0 bridgehead atoms. The van der Waals surface area contributed by atoms with Gasteiger partial charge in [0.1, 0.15) is 0 Å². The fourth-order valence-corrected chi connectivity index (χ4v) is 16.5. The van der Waals surface area contributed by atoms with Gasteiger partial charge in [0.15, 0.2) is 8.07 Å². The fraction of sp³-hybridized carbons (Fsp3) is 0.0909. The third kappa shape index (κ3) is 2.89. The van der Waals surface area contributed by atoms with Crippen LogP contribution in [0.2, 0.25) is 0 Å². The predicted octanol–water partition coefficient (Wildman–Crippen LogP) is 5.10. The zero-order valence-corrected chi connectivity index (χ0v) is 20.6. The lowest BCUT2D eigenvalue weighted by atomic mass is 10.4. The molecule has 0 amide bonds. The zero-order chi connectivity index (χ0) is 19.1. The van der Waals surface area contributed by atoms with Gasteiger partial charge in [0.05, 0.1) is 16.8 Å². The van der Waals surface area contributed by atoms with E-state index in [2.05, 4.69) is 85.3 Å². The van der Waals surface area contributed by atoms with Crippen molar-refractivity contribution < 1.29 is 0 Å². The molecular formula is C22H18S5Si. The Morgan fingerprint density at radius 2 is 1.07 bits per heavy atom. The lowest BCUT2D eigenvalue weighted by molar-refractivity contribution is 1.61. The summed E-state index contributed by atoms with van der Waals surface area (Å²) in [5.74, 6) is 0. The summed E-state index contributed by atoms with van der Waals surface area (Å²) in [6.07, 6.45) is 4.38. The van der Waals surface area contributed by atoms with Gasteiger partial charge in [0.2, 0.25) is 0 Å². The van der Waals surface area contributed by atoms with E-state index < -0.39 is 8.07 Å². The van der Waals surface area contributed by atoms with E-state index in [0.29, 0.717) is 0 Å². The maximum absolute atomic E-state index is 2.49. The van der Waals surface area contributed by atoms with Gasteiger partial charge >= 0.3 is 0 Å².